The molecule has 3 aromatic rings. The summed E-state index contributed by atoms with van der Waals surface area (Å²) in [6.45, 7) is 3.04. The number of fused-ring (bicyclic) bond motifs is 1. The van der Waals surface area contributed by atoms with E-state index in [1.807, 2.05) is 43.3 Å². The van der Waals surface area contributed by atoms with Crippen LogP contribution in [0.2, 0.25) is 0 Å². The van der Waals surface area contributed by atoms with Crippen molar-refractivity contribution in [3.05, 3.63) is 94.6 Å². The fraction of sp³-hybridized carbons (Fsp3) is 0.312. The van der Waals surface area contributed by atoms with E-state index in [0.717, 1.165) is 16.9 Å². The molecular formula is C32H33NO7. The Morgan fingerprint density at radius 3 is 2.58 bits per heavy atom. The molecule has 0 radical (unpaired) electrons. The van der Waals surface area contributed by atoms with Crippen molar-refractivity contribution in [1.29, 1.82) is 0 Å². The van der Waals surface area contributed by atoms with Crippen molar-refractivity contribution in [3.8, 4) is 17.2 Å². The number of benzene rings is 3. The van der Waals surface area contributed by atoms with Gasteiger partial charge in [-0.15, -0.1) is 0 Å². The van der Waals surface area contributed by atoms with Crippen LogP contribution in [0.5, 0.6) is 17.2 Å². The molecule has 8 heteroatoms. The van der Waals surface area contributed by atoms with Crippen LogP contribution in [0, 0.1) is 0 Å². The first kappa shape index (κ1) is 27.3. The second-order valence-electron chi connectivity index (χ2n) is 9.98. The van der Waals surface area contributed by atoms with E-state index in [0.29, 0.717) is 48.7 Å². The lowest BCUT2D eigenvalue weighted by Crippen LogP contribution is -2.31. The molecule has 2 aliphatic heterocycles. The van der Waals surface area contributed by atoms with E-state index in [1.165, 1.54) is 12.0 Å². The summed E-state index contributed by atoms with van der Waals surface area (Å²) >= 11 is 0. The second-order valence-corrected chi connectivity index (χ2v) is 9.98. The van der Waals surface area contributed by atoms with Crippen LogP contribution >= 0.6 is 0 Å². The Labute approximate surface area is 233 Å². The zero-order chi connectivity index (χ0) is 28.2. The average Bonchev–Trinajstić information content (AvgIpc) is 3.47. The highest BCUT2D eigenvalue weighted by atomic mass is 16.5. The summed E-state index contributed by atoms with van der Waals surface area (Å²) in [7, 11) is 3.13. The number of methoxy groups -OCH3 is 2. The minimum atomic E-state index is -0.808. The summed E-state index contributed by atoms with van der Waals surface area (Å²) in [5.41, 5.74) is 3.08. The number of aliphatic hydroxyl groups excluding tert-OH is 1. The molecule has 0 aromatic heterocycles. The SMILES string of the molecule is COCCCN1C(=O)C(=O)C(=C(O)c2ccc3c(c2)C[C@@H](C)O3)[C@@H]1c1ccc(OCc2ccccc2)c(OC)c1. The first-order valence-electron chi connectivity index (χ1n) is 13.3. The predicted octanol–water partition coefficient (Wildman–Crippen LogP) is 5.06. The third-order valence-corrected chi connectivity index (χ3v) is 7.20. The summed E-state index contributed by atoms with van der Waals surface area (Å²) < 4.78 is 22.6. The normalized spacial score (nSPS) is 19.4. The van der Waals surface area contributed by atoms with E-state index >= 15 is 0 Å². The number of nitrogens with zero attached hydrogens (tertiary/aromatic N) is 1. The molecule has 0 bridgehead atoms. The third-order valence-electron chi connectivity index (χ3n) is 7.20. The lowest BCUT2D eigenvalue weighted by atomic mass is 9.94. The molecule has 208 valence electrons. The van der Waals surface area contributed by atoms with Gasteiger partial charge < -0.3 is 29.0 Å². The predicted molar refractivity (Wildman–Crippen MR) is 150 cm³/mol. The van der Waals surface area contributed by atoms with Crippen LogP contribution in [-0.2, 0) is 27.4 Å². The second kappa shape index (κ2) is 11.8. The largest absolute Gasteiger partial charge is 0.507 e. The van der Waals surface area contributed by atoms with Gasteiger partial charge in [0.2, 0.25) is 0 Å². The molecule has 0 unspecified atom stereocenters. The number of carbonyl (C=O) groups excluding carboxylic acids is 2. The van der Waals surface area contributed by atoms with Crippen molar-refractivity contribution >= 4 is 17.4 Å². The maximum Gasteiger partial charge on any atom is 0.295 e. The zero-order valence-corrected chi connectivity index (χ0v) is 22.9. The fourth-order valence-corrected chi connectivity index (χ4v) is 5.27. The first-order chi connectivity index (χ1) is 19.4. The number of aliphatic hydroxyl groups is 1. The van der Waals surface area contributed by atoms with Crippen LogP contribution in [0.4, 0.5) is 0 Å². The van der Waals surface area contributed by atoms with Gasteiger partial charge in [-0.25, -0.2) is 0 Å². The van der Waals surface area contributed by atoms with Gasteiger partial charge in [0, 0.05) is 32.2 Å². The summed E-state index contributed by atoms with van der Waals surface area (Å²) in [5.74, 6) is 0.135. The number of likely N-dealkylation sites (tertiary alicyclic amines) is 1. The Kier molecular flexibility index (Phi) is 8.07. The van der Waals surface area contributed by atoms with E-state index in [4.69, 9.17) is 18.9 Å². The molecule has 40 heavy (non-hydrogen) atoms. The van der Waals surface area contributed by atoms with Gasteiger partial charge in [0.25, 0.3) is 11.7 Å². The number of carbonyl (C=O) groups is 2. The molecule has 2 atom stereocenters. The third kappa shape index (κ3) is 5.40. The van der Waals surface area contributed by atoms with Crippen molar-refractivity contribution in [1.82, 2.24) is 4.90 Å². The minimum Gasteiger partial charge on any atom is -0.507 e. The Morgan fingerprint density at radius 1 is 1.02 bits per heavy atom. The Balaban J connectivity index is 1.53. The number of ether oxygens (including phenoxy) is 4. The van der Waals surface area contributed by atoms with Crippen LogP contribution in [0.25, 0.3) is 5.76 Å². The van der Waals surface area contributed by atoms with Gasteiger partial charge in [0.15, 0.2) is 11.5 Å². The van der Waals surface area contributed by atoms with Crippen molar-refractivity contribution in [2.75, 3.05) is 27.4 Å². The average molecular weight is 544 g/mol. The van der Waals surface area contributed by atoms with Gasteiger partial charge in [-0.05, 0) is 60.4 Å². The van der Waals surface area contributed by atoms with Crippen LogP contribution in [0.3, 0.4) is 0 Å². The molecule has 1 amide bonds. The molecule has 1 fully saturated rings. The Morgan fingerprint density at radius 2 is 1.82 bits per heavy atom. The number of Topliss-reactive ketones (excluding diaryl/α,β-unsaturated/α-hetero) is 1. The van der Waals surface area contributed by atoms with Gasteiger partial charge in [0.1, 0.15) is 24.2 Å². The summed E-state index contributed by atoms with van der Waals surface area (Å²) in [4.78, 5) is 28.1. The lowest BCUT2D eigenvalue weighted by molar-refractivity contribution is -0.140. The number of hydrogen-bond acceptors (Lipinski definition) is 7. The highest BCUT2D eigenvalue weighted by Gasteiger charge is 2.46. The van der Waals surface area contributed by atoms with Gasteiger partial charge in [-0.1, -0.05) is 36.4 Å². The van der Waals surface area contributed by atoms with Crippen LogP contribution in [0.1, 0.15) is 41.6 Å². The van der Waals surface area contributed by atoms with E-state index < -0.39 is 17.7 Å². The van der Waals surface area contributed by atoms with E-state index in [1.54, 1.807) is 37.4 Å². The molecule has 5 rings (SSSR count). The fourth-order valence-electron chi connectivity index (χ4n) is 5.27. The van der Waals surface area contributed by atoms with Gasteiger partial charge in [-0.2, -0.15) is 0 Å². The number of amides is 1. The van der Waals surface area contributed by atoms with Crippen molar-refractivity contribution in [3.63, 3.8) is 0 Å². The summed E-state index contributed by atoms with van der Waals surface area (Å²) in [5, 5.41) is 11.5. The maximum absolute atomic E-state index is 13.4. The number of hydrogen-bond donors (Lipinski definition) is 1. The molecule has 0 spiro atoms. The Bertz CT molecular complexity index is 1430. The monoisotopic (exact) mass is 543 g/mol. The molecule has 2 aliphatic rings. The topological polar surface area (TPSA) is 94.5 Å². The molecular weight excluding hydrogens is 510 g/mol. The van der Waals surface area contributed by atoms with Crippen LogP contribution in [0.15, 0.2) is 72.3 Å². The summed E-state index contributed by atoms with van der Waals surface area (Å²) in [6.07, 6.45) is 1.27. The molecule has 1 N–H and O–H groups in total. The van der Waals surface area contributed by atoms with Gasteiger partial charge in [0.05, 0.1) is 18.7 Å². The molecule has 2 heterocycles. The van der Waals surface area contributed by atoms with E-state index in [9.17, 15) is 14.7 Å². The zero-order valence-electron chi connectivity index (χ0n) is 22.9. The Hall–Kier alpha value is -4.30. The van der Waals surface area contributed by atoms with Crippen molar-refractivity contribution < 1.29 is 33.6 Å². The molecule has 1 saturated heterocycles. The highest BCUT2D eigenvalue weighted by Crippen LogP contribution is 2.43. The maximum atomic E-state index is 13.4. The van der Waals surface area contributed by atoms with Crippen LogP contribution < -0.4 is 14.2 Å². The highest BCUT2D eigenvalue weighted by molar-refractivity contribution is 6.46. The van der Waals surface area contributed by atoms with Crippen LogP contribution in [-0.4, -0.2) is 55.2 Å². The molecule has 0 aliphatic carbocycles. The van der Waals surface area contributed by atoms with E-state index in [-0.39, 0.29) is 24.0 Å². The quantitative estimate of drug-likeness (QED) is 0.165. The van der Waals surface area contributed by atoms with E-state index in [2.05, 4.69) is 0 Å². The minimum absolute atomic E-state index is 0.0360. The van der Waals surface area contributed by atoms with Crippen molar-refractivity contribution in [2.24, 2.45) is 0 Å². The smallest absolute Gasteiger partial charge is 0.295 e. The van der Waals surface area contributed by atoms with Crippen molar-refractivity contribution in [2.45, 2.75) is 38.5 Å². The standard InChI is InChI=1S/C32H33NO7/c1-20-16-24-17-23(11-12-25(24)40-20)30(34)28-29(33(14-7-15-37-2)32(36)31(28)35)22-10-13-26(27(18-22)38-3)39-19-21-8-5-4-6-9-21/h4-6,8-13,17-18,20,29,34H,7,14-16,19H2,1-3H3/t20-,29+/m1/s1. The van der Waals surface area contributed by atoms with Gasteiger partial charge in [-0.3, -0.25) is 9.59 Å². The number of ketones is 1. The molecule has 8 nitrogen and oxygen atoms in total. The number of rotatable bonds is 10. The summed E-state index contributed by atoms with van der Waals surface area (Å²) in [6, 6.07) is 19.6. The molecule has 3 aromatic carbocycles. The van der Waals surface area contributed by atoms with Gasteiger partial charge >= 0.3 is 0 Å². The molecule has 0 saturated carbocycles. The first-order valence-corrected chi connectivity index (χ1v) is 13.3. The lowest BCUT2D eigenvalue weighted by Gasteiger charge is -2.26.